The normalized spacial score (nSPS) is 12.5. The molecule has 0 saturated heterocycles. The van der Waals surface area contributed by atoms with Gasteiger partial charge in [-0.2, -0.15) is 11.8 Å². The predicted octanol–water partition coefficient (Wildman–Crippen LogP) is 4.12. The largest absolute Gasteiger partial charge is 0.155 e. The smallest absolute Gasteiger partial charge is 0.0115 e. The van der Waals surface area contributed by atoms with Crippen LogP contribution in [0.4, 0.5) is 0 Å². The zero-order chi connectivity index (χ0) is 9.11. The Morgan fingerprint density at radius 3 is 2.27 bits per heavy atom. The lowest BCUT2D eigenvalue weighted by Gasteiger charge is -2.03. The SMILES string of the molecule is C/C=C/CSC(C)CC.CC. The fourth-order valence-electron chi connectivity index (χ4n) is 0.434. The number of allylic oxidation sites excluding steroid dienone is 1. The van der Waals surface area contributed by atoms with Crippen molar-refractivity contribution in [2.75, 3.05) is 5.75 Å². The van der Waals surface area contributed by atoms with Gasteiger partial charge < -0.3 is 0 Å². The van der Waals surface area contributed by atoms with E-state index in [4.69, 9.17) is 0 Å². The van der Waals surface area contributed by atoms with E-state index in [1.54, 1.807) is 0 Å². The van der Waals surface area contributed by atoms with Crippen LogP contribution in [0.1, 0.15) is 41.0 Å². The topological polar surface area (TPSA) is 0 Å². The molecule has 1 heteroatoms. The highest BCUT2D eigenvalue weighted by Crippen LogP contribution is 2.12. The first-order valence-electron chi connectivity index (χ1n) is 4.54. The fraction of sp³-hybridized carbons (Fsp3) is 0.800. The van der Waals surface area contributed by atoms with Gasteiger partial charge in [0.25, 0.3) is 0 Å². The minimum atomic E-state index is 0.821. The lowest BCUT2D eigenvalue weighted by molar-refractivity contribution is 0.907. The molecule has 68 valence electrons. The quantitative estimate of drug-likeness (QED) is 0.578. The molecule has 0 aromatic heterocycles. The standard InChI is InChI=1S/C8H16S.C2H6/c1-4-6-7-9-8(3)5-2;1-2/h4,6,8H,5,7H2,1-3H3;1-2H3/b6-4+;. The van der Waals surface area contributed by atoms with Gasteiger partial charge in [-0.25, -0.2) is 0 Å². The van der Waals surface area contributed by atoms with Crippen LogP contribution in [-0.2, 0) is 0 Å². The third-order valence-electron chi connectivity index (χ3n) is 1.29. The summed E-state index contributed by atoms with van der Waals surface area (Å²) in [6.45, 7) is 10.6. The summed E-state index contributed by atoms with van der Waals surface area (Å²) >= 11 is 2.01. The van der Waals surface area contributed by atoms with Crippen molar-refractivity contribution < 1.29 is 0 Å². The van der Waals surface area contributed by atoms with Gasteiger partial charge in [-0.15, -0.1) is 0 Å². The van der Waals surface area contributed by atoms with Crippen LogP contribution >= 0.6 is 11.8 Å². The van der Waals surface area contributed by atoms with Crippen LogP contribution in [0.15, 0.2) is 12.2 Å². The molecule has 0 aliphatic carbocycles. The highest BCUT2D eigenvalue weighted by Gasteiger charge is 1.94. The fourth-order valence-corrected chi connectivity index (χ4v) is 1.30. The summed E-state index contributed by atoms with van der Waals surface area (Å²) in [4.78, 5) is 0. The molecule has 0 rings (SSSR count). The van der Waals surface area contributed by atoms with Crippen molar-refractivity contribution in [1.29, 1.82) is 0 Å². The summed E-state index contributed by atoms with van der Waals surface area (Å²) in [5.74, 6) is 1.17. The molecule has 0 amide bonds. The van der Waals surface area contributed by atoms with E-state index in [1.165, 1.54) is 12.2 Å². The monoisotopic (exact) mass is 174 g/mol. The van der Waals surface area contributed by atoms with Crippen LogP contribution in [0.25, 0.3) is 0 Å². The van der Waals surface area contributed by atoms with Crippen LogP contribution in [0.2, 0.25) is 0 Å². The molecule has 0 bridgehead atoms. The minimum Gasteiger partial charge on any atom is -0.155 e. The Morgan fingerprint density at radius 1 is 1.36 bits per heavy atom. The first kappa shape index (κ1) is 13.7. The second-order valence-electron chi connectivity index (χ2n) is 2.12. The molecule has 0 aliphatic rings. The number of hydrogen-bond acceptors (Lipinski definition) is 1. The second kappa shape index (κ2) is 12.7. The lowest BCUT2D eigenvalue weighted by atomic mass is 10.4. The third kappa shape index (κ3) is 13.1. The third-order valence-corrected chi connectivity index (χ3v) is 2.57. The molecule has 0 saturated carbocycles. The maximum Gasteiger partial charge on any atom is 0.0115 e. The molecular formula is C10H22S. The van der Waals surface area contributed by atoms with Crippen molar-refractivity contribution in [3.63, 3.8) is 0 Å². The van der Waals surface area contributed by atoms with Gasteiger partial charge in [0.05, 0.1) is 0 Å². The first-order valence-corrected chi connectivity index (χ1v) is 5.58. The van der Waals surface area contributed by atoms with Crippen molar-refractivity contribution in [2.45, 2.75) is 46.3 Å². The first-order chi connectivity index (χ1) is 5.31. The average Bonchev–Trinajstić information content (AvgIpc) is 2.08. The van der Waals surface area contributed by atoms with Crippen LogP contribution in [0.5, 0.6) is 0 Å². The molecule has 0 aliphatic heterocycles. The zero-order valence-corrected chi connectivity index (χ0v) is 9.37. The van der Waals surface area contributed by atoms with E-state index < -0.39 is 0 Å². The Bertz CT molecular complexity index is 76.9. The Labute approximate surface area is 76.5 Å². The molecule has 0 N–H and O–H groups in total. The van der Waals surface area contributed by atoms with E-state index in [2.05, 4.69) is 32.9 Å². The van der Waals surface area contributed by atoms with E-state index >= 15 is 0 Å². The molecule has 0 aromatic rings. The van der Waals surface area contributed by atoms with E-state index in [9.17, 15) is 0 Å². The highest BCUT2D eigenvalue weighted by molar-refractivity contribution is 8.00. The molecule has 1 atom stereocenters. The number of hydrogen-bond donors (Lipinski definition) is 0. The van der Waals surface area contributed by atoms with Gasteiger partial charge in [0.15, 0.2) is 0 Å². The summed E-state index contributed by atoms with van der Waals surface area (Å²) in [5.41, 5.74) is 0. The molecule has 0 aromatic carbocycles. The maximum atomic E-state index is 2.27. The predicted molar refractivity (Wildman–Crippen MR) is 58.4 cm³/mol. The van der Waals surface area contributed by atoms with Crippen molar-refractivity contribution in [3.8, 4) is 0 Å². The molecule has 1 unspecified atom stereocenters. The summed E-state index contributed by atoms with van der Waals surface area (Å²) in [6.07, 6.45) is 5.59. The Kier molecular flexibility index (Phi) is 15.8. The summed E-state index contributed by atoms with van der Waals surface area (Å²) in [6, 6.07) is 0. The second-order valence-corrected chi connectivity index (χ2v) is 3.59. The van der Waals surface area contributed by atoms with Gasteiger partial charge in [0.1, 0.15) is 0 Å². The van der Waals surface area contributed by atoms with Crippen LogP contribution in [0, 0.1) is 0 Å². The molecule has 0 heterocycles. The Morgan fingerprint density at radius 2 is 1.91 bits per heavy atom. The average molecular weight is 174 g/mol. The zero-order valence-electron chi connectivity index (χ0n) is 8.55. The molecular weight excluding hydrogens is 152 g/mol. The minimum absolute atomic E-state index is 0.821. The van der Waals surface area contributed by atoms with E-state index in [-0.39, 0.29) is 0 Å². The van der Waals surface area contributed by atoms with E-state index in [1.807, 2.05) is 25.6 Å². The Hall–Kier alpha value is 0.0900. The van der Waals surface area contributed by atoms with Crippen LogP contribution in [0.3, 0.4) is 0 Å². The Balaban J connectivity index is 0. The number of rotatable bonds is 4. The van der Waals surface area contributed by atoms with Gasteiger partial charge in [-0.3, -0.25) is 0 Å². The van der Waals surface area contributed by atoms with Crippen LogP contribution < -0.4 is 0 Å². The van der Waals surface area contributed by atoms with Crippen molar-refractivity contribution >= 4 is 11.8 Å². The van der Waals surface area contributed by atoms with Gasteiger partial charge in [-0.05, 0) is 13.3 Å². The van der Waals surface area contributed by atoms with Crippen molar-refractivity contribution in [1.82, 2.24) is 0 Å². The number of thioether (sulfide) groups is 1. The molecule has 0 radical (unpaired) electrons. The lowest BCUT2D eigenvalue weighted by Crippen LogP contribution is -1.92. The van der Waals surface area contributed by atoms with E-state index in [0.717, 1.165) is 5.25 Å². The highest BCUT2D eigenvalue weighted by atomic mass is 32.2. The van der Waals surface area contributed by atoms with Crippen molar-refractivity contribution in [2.24, 2.45) is 0 Å². The van der Waals surface area contributed by atoms with Gasteiger partial charge in [-0.1, -0.05) is 39.8 Å². The summed E-state index contributed by atoms with van der Waals surface area (Å²) < 4.78 is 0. The van der Waals surface area contributed by atoms with Gasteiger partial charge in [0.2, 0.25) is 0 Å². The van der Waals surface area contributed by atoms with E-state index in [0.29, 0.717) is 0 Å². The molecule has 0 fully saturated rings. The summed E-state index contributed by atoms with van der Waals surface area (Å²) in [7, 11) is 0. The van der Waals surface area contributed by atoms with Gasteiger partial charge >= 0.3 is 0 Å². The van der Waals surface area contributed by atoms with Crippen LogP contribution in [-0.4, -0.2) is 11.0 Å². The molecule has 0 nitrogen and oxygen atoms in total. The molecule has 11 heavy (non-hydrogen) atoms. The summed E-state index contributed by atoms with van der Waals surface area (Å²) in [5, 5.41) is 0.821. The molecule has 0 spiro atoms. The van der Waals surface area contributed by atoms with Gasteiger partial charge in [0, 0.05) is 11.0 Å². The van der Waals surface area contributed by atoms with Crippen molar-refractivity contribution in [3.05, 3.63) is 12.2 Å². The maximum absolute atomic E-state index is 2.27.